The van der Waals surface area contributed by atoms with E-state index in [1.807, 2.05) is 19.1 Å². The molecule has 0 saturated carbocycles. The van der Waals surface area contributed by atoms with Gasteiger partial charge in [0.25, 0.3) is 0 Å². The Morgan fingerprint density at radius 3 is 2.70 bits per heavy atom. The van der Waals surface area contributed by atoms with Crippen LogP contribution in [-0.2, 0) is 6.42 Å². The first-order valence-corrected chi connectivity index (χ1v) is 7.61. The van der Waals surface area contributed by atoms with Crippen molar-refractivity contribution in [2.45, 2.75) is 32.7 Å². The third kappa shape index (κ3) is 3.30. The Morgan fingerprint density at radius 2 is 2.05 bits per heavy atom. The van der Waals surface area contributed by atoms with Crippen LogP contribution in [0.2, 0.25) is 0 Å². The van der Waals surface area contributed by atoms with E-state index in [-0.39, 0.29) is 0 Å². The standard InChI is InChI=1S/C15H23ClN4/c1-11-5-6-13-15(17-11)20(14(18-13)7-9-16)12(2)8-10-19(3)4/h5-6,12H,7-10H2,1-4H3. The van der Waals surface area contributed by atoms with Crippen LogP contribution in [0.1, 0.15) is 30.9 Å². The first-order valence-electron chi connectivity index (χ1n) is 7.08. The number of alkyl halides is 1. The Balaban J connectivity index is 2.41. The molecular formula is C15H23ClN4. The van der Waals surface area contributed by atoms with Crippen molar-refractivity contribution in [3.63, 3.8) is 0 Å². The molecule has 0 bridgehead atoms. The number of aromatic nitrogens is 3. The van der Waals surface area contributed by atoms with Crippen molar-refractivity contribution in [2.75, 3.05) is 26.5 Å². The van der Waals surface area contributed by atoms with Crippen LogP contribution in [0, 0.1) is 6.92 Å². The van der Waals surface area contributed by atoms with Gasteiger partial charge in [0.2, 0.25) is 0 Å². The van der Waals surface area contributed by atoms with Gasteiger partial charge < -0.3 is 9.47 Å². The third-order valence-corrected chi connectivity index (χ3v) is 3.69. The van der Waals surface area contributed by atoms with Crippen LogP contribution in [0.3, 0.4) is 0 Å². The van der Waals surface area contributed by atoms with Crippen LogP contribution in [0.4, 0.5) is 0 Å². The maximum Gasteiger partial charge on any atom is 0.160 e. The van der Waals surface area contributed by atoms with Gasteiger partial charge in [-0.2, -0.15) is 0 Å². The summed E-state index contributed by atoms with van der Waals surface area (Å²) in [7, 11) is 4.20. The quantitative estimate of drug-likeness (QED) is 0.768. The van der Waals surface area contributed by atoms with Crippen LogP contribution in [-0.4, -0.2) is 46.0 Å². The van der Waals surface area contributed by atoms with Gasteiger partial charge in [-0.3, -0.25) is 0 Å². The molecule has 0 N–H and O–H groups in total. The lowest BCUT2D eigenvalue weighted by Crippen LogP contribution is -2.19. The van der Waals surface area contributed by atoms with E-state index < -0.39 is 0 Å². The van der Waals surface area contributed by atoms with Gasteiger partial charge in [0, 0.05) is 24.0 Å². The molecule has 0 aromatic carbocycles. The first-order chi connectivity index (χ1) is 9.52. The summed E-state index contributed by atoms with van der Waals surface area (Å²) in [4.78, 5) is 11.6. The molecule has 0 amide bonds. The molecule has 2 rings (SSSR count). The zero-order valence-electron chi connectivity index (χ0n) is 12.7. The van der Waals surface area contributed by atoms with Crippen molar-refractivity contribution in [3.05, 3.63) is 23.7 Å². The average molecular weight is 295 g/mol. The molecule has 4 nitrogen and oxygen atoms in total. The minimum atomic E-state index is 0.370. The highest BCUT2D eigenvalue weighted by Crippen LogP contribution is 2.23. The van der Waals surface area contributed by atoms with Crippen LogP contribution < -0.4 is 0 Å². The van der Waals surface area contributed by atoms with Crippen molar-refractivity contribution in [3.8, 4) is 0 Å². The van der Waals surface area contributed by atoms with Crippen LogP contribution in [0.5, 0.6) is 0 Å². The second-order valence-electron chi connectivity index (χ2n) is 5.57. The van der Waals surface area contributed by atoms with Crippen molar-refractivity contribution >= 4 is 22.8 Å². The summed E-state index contributed by atoms with van der Waals surface area (Å²) in [6.45, 7) is 5.29. The second kappa shape index (κ2) is 6.55. The van der Waals surface area contributed by atoms with E-state index in [4.69, 9.17) is 16.6 Å². The smallest absolute Gasteiger partial charge is 0.160 e. The fourth-order valence-electron chi connectivity index (χ4n) is 2.41. The number of halogens is 1. The predicted octanol–water partition coefficient (Wildman–Crippen LogP) is 3.03. The van der Waals surface area contributed by atoms with Crippen LogP contribution >= 0.6 is 11.6 Å². The van der Waals surface area contributed by atoms with E-state index in [1.165, 1.54) is 0 Å². The van der Waals surface area contributed by atoms with Gasteiger partial charge in [-0.1, -0.05) is 0 Å². The number of imidazole rings is 1. The van der Waals surface area contributed by atoms with E-state index in [2.05, 4.69) is 35.5 Å². The number of pyridine rings is 1. The Bertz CT molecular complexity index is 577. The minimum Gasteiger partial charge on any atom is -0.310 e. The molecule has 0 saturated heterocycles. The summed E-state index contributed by atoms with van der Waals surface area (Å²) in [5.74, 6) is 1.63. The molecule has 0 fully saturated rings. The van der Waals surface area contributed by atoms with Gasteiger partial charge in [0.15, 0.2) is 5.65 Å². The number of hydrogen-bond acceptors (Lipinski definition) is 3. The number of hydrogen-bond donors (Lipinski definition) is 0. The molecule has 0 radical (unpaired) electrons. The van der Waals surface area contributed by atoms with Crippen molar-refractivity contribution < 1.29 is 0 Å². The molecular weight excluding hydrogens is 272 g/mol. The third-order valence-electron chi connectivity index (χ3n) is 3.50. The molecule has 110 valence electrons. The molecule has 2 heterocycles. The lowest BCUT2D eigenvalue weighted by molar-refractivity contribution is 0.357. The highest BCUT2D eigenvalue weighted by Gasteiger charge is 2.16. The number of nitrogens with zero attached hydrogens (tertiary/aromatic N) is 4. The van der Waals surface area contributed by atoms with Gasteiger partial charge in [0.05, 0.1) is 0 Å². The summed E-state index contributed by atoms with van der Waals surface area (Å²) in [5.41, 5.74) is 2.97. The van der Waals surface area contributed by atoms with E-state index in [1.54, 1.807) is 0 Å². The monoisotopic (exact) mass is 294 g/mol. The molecule has 0 spiro atoms. The topological polar surface area (TPSA) is 34.0 Å². The van der Waals surface area contributed by atoms with Gasteiger partial charge in [-0.05, 0) is 53.0 Å². The maximum absolute atomic E-state index is 5.92. The summed E-state index contributed by atoms with van der Waals surface area (Å²) in [6.07, 6.45) is 1.85. The Labute approximate surface area is 125 Å². The van der Waals surface area contributed by atoms with Gasteiger partial charge >= 0.3 is 0 Å². The Kier molecular flexibility index (Phi) is 5.00. The van der Waals surface area contributed by atoms with E-state index >= 15 is 0 Å². The number of aryl methyl sites for hydroxylation is 2. The highest BCUT2D eigenvalue weighted by atomic mass is 35.5. The second-order valence-corrected chi connectivity index (χ2v) is 5.95. The zero-order valence-corrected chi connectivity index (χ0v) is 13.5. The molecule has 5 heteroatoms. The molecule has 20 heavy (non-hydrogen) atoms. The SMILES string of the molecule is Cc1ccc2nc(CCCl)n(C(C)CCN(C)C)c2n1. The number of fused-ring (bicyclic) bond motifs is 1. The van der Waals surface area contributed by atoms with E-state index in [9.17, 15) is 0 Å². The highest BCUT2D eigenvalue weighted by molar-refractivity contribution is 6.17. The molecule has 1 atom stereocenters. The van der Waals surface area contributed by atoms with Crippen molar-refractivity contribution in [1.82, 2.24) is 19.4 Å². The molecule has 2 aromatic heterocycles. The van der Waals surface area contributed by atoms with Gasteiger partial charge in [0.1, 0.15) is 11.3 Å². The van der Waals surface area contributed by atoms with E-state index in [0.717, 1.165) is 42.1 Å². The summed E-state index contributed by atoms with van der Waals surface area (Å²) in [6, 6.07) is 4.43. The fourth-order valence-corrected chi connectivity index (χ4v) is 2.58. The lowest BCUT2D eigenvalue weighted by atomic mass is 10.2. The van der Waals surface area contributed by atoms with E-state index in [0.29, 0.717) is 11.9 Å². The van der Waals surface area contributed by atoms with Gasteiger partial charge in [-0.25, -0.2) is 9.97 Å². The van der Waals surface area contributed by atoms with Gasteiger partial charge in [-0.15, -0.1) is 11.6 Å². The maximum atomic E-state index is 5.92. The van der Waals surface area contributed by atoms with Crippen molar-refractivity contribution in [2.24, 2.45) is 0 Å². The van der Waals surface area contributed by atoms with Crippen LogP contribution in [0.15, 0.2) is 12.1 Å². The summed E-state index contributed by atoms with van der Waals surface area (Å²) >= 11 is 5.92. The summed E-state index contributed by atoms with van der Waals surface area (Å²) < 4.78 is 2.26. The van der Waals surface area contributed by atoms with Crippen molar-refractivity contribution in [1.29, 1.82) is 0 Å². The zero-order chi connectivity index (χ0) is 14.7. The summed E-state index contributed by atoms with van der Waals surface area (Å²) in [5, 5.41) is 0. The Hall–Kier alpha value is -1.13. The first kappa shape index (κ1) is 15.3. The largest absolute Gasteiger partial charge is 0.310 e. The molecule has 0 aliphatic rings. The number of rotatable bonds is 6. The minimum absolute atomic E-state index is 0.370. The lowest BCUT2D eigenvalue weighted by Gasteiger charge is -2.19. The normalized spacial score (nSPS) is 13.3. The molecule has 0 aliphatic carbocycles. The molecule has 1 unspecified atom stereocenters. The predicted molar refractivity (Wildman–Crippen MR) is 84.6 cm³/mol. The fraction of sp³-hybridized carbons (Fsp3) is 0.600. The average Bonchev–Trinajstić information content (AvgIpc) is 2.73. The Morgan fingerprint density at radius 1 is 1.30 bits per heavy atom. The molecule has 0 aliphatic heterocycles. The molecule has 2 aromatic rings. The van der Waals surface area contributed by atoms with Crippen LogP contribution in [0.25, 0.3) is 11.2 Å².